The zero-order valence-corrected chi connectivity index (χ0v) is 13.3. The third-order valence-electron chi connectivity index (χ3n) is 3.33. The van der Waals surface area contributed by atoms with Crippen molar-refractivity contribution in [2.45, 2.75) is 37.6 Å². The van der Waals surface area contributed by atoms with Gasteiger partial charge < -0.3 is 10.2 Å². The number of sulfonamides is 1. The molecule has 0 bridgehead atoms. The molecule has 114 valence electrons. The van der Waals surface area contributed by atoms with Gasteiger partial charge in [0, 0.05) is 18.3 Å². The highest BCUT2D eigenvalue weighted by Gasteiger charge is 2.06. The average Bonchev–Trinajstić information content (AvgIpc) is 2.37. The Morgan fingerprint density at radius 1 is 1.20 bits per heavy atom. The number of hydrogen-bond donors (Lipinski definition) is 2. The molecule has 6 heteroatoms. The maximum absolute atomic E-state index is 11.1. The van der Waals surface area contributed by atoms with Gasteiger partial charge in [0.25, 0.3) is 0 Å². The molecule has 0 amide bonds. The van der Waals surface area contributed by atoms with E-state index in [1.165, 1.54) is 12.1 Å². The minimum Gasteiger partial charge on any atom is -0.385 e. The summed E-state index contributed by atoms with van der Waals surface area (Å²) in [5.41, 5.74) is 0.912. The lowest BCUT2D eigenvalue weighted by molar-refractivity contribution is 0.269. The molecule has 0 saturated heterocycles. The SMILES string of the molecule is CC(C)N(C)CCCCNc1ccc(S(N)(=O)=O)cc1. The van der Waals surface area contributed by atoms with Crippen LogP contribution in [0.15, 0.2) is 29.2 Å². The molecule has 0 aliphatic carbocycles. The summed E-state index contributed by atoms with van der Waals surface area (Å²) in [6, 6.07) is 7.09. The van der Waals surface area contributed by atoms with Gasteiger partial charge in [-0.15, -0.1) is 0 Å². The van der Waals surface area contributed by atoms with Gasteiger partial charge in [0.15, 0.2) is 0 Å². The Morgan fingerprint density at radius 2 is 1.80 bits per heavy atom. The first-order valence-electron chi connectivity index (χ1n) is 6.87. The first kappa shape index (κ1) is 16.9. The topological polar surface area (TPSA) is 75.4 Å². The average molecular weight is 299 g/mol. The van der Waals surface area contributed by atoms with Crippen molar-refractivity contribution in [2.24, 2.45) is 5.14 Å². The highest BCUT2D eigenvalue weighted by atomic mass is 32.2. The second-order valence-corrected chi connectivity index (χ2v) is 6.84. The summed E-state index contributed by atoms with van der Waals surface area (Å²) >= 11 is 0. The van der Waals surface area contributed by atoms with Gasteiger partial charge >= 0.3 is 0 Å². The lowest BCUT2D eigenvalue weighted by Crippen LogP contribution is -2.27. The molecule has 3 N–H and O–H groups in total. The standard InChI is InChI=1S/C14H25N3O2S/c1-12(2)17(3)11-5-4-10-16-13-6-8-14(9-7-13)20(15,18)19/h6-9,12,16H,4-5,10-11H2,1-3H3,(H2,15,18,19). The van der Waals surface area contributed by atoms with Crippen LogP contribution in [0.3, 0.4) is 0 Å². The molecule has 0 aromatic heterocycles. The molecule has 0 heterocycles. The van der Waals surface area contributed by atoms with Crippen molar-refractivity contribution in [3.05, 3.63) is 24.3 Å². The quantitative estimate of drug-likeness (QED) is 0.719. The van der Waals surface area contributed by atoms with Crippen LogP contribution in [0.25, 0.3) is 0 Å². The highest BCUT2D eigenvalue weighted by molar-refractivity contribution is 7.89. The fourth-order valence-corrected chi connectivity index (χ4v) is 2.26. The van der Waals surface area contributed by atoms with Crippen molar-refractivity contribution in [2.75, 3.05) is 25.5 Å². The van der Waals surface area contributed by atoms with Gasteiger partial charge in [-0.25, -0.2) is 13.6 Å². The number of benzene rings is 1. The molecular weight excluding hydrogens is 274 g/mol. The van der Waals surface area contributed by atoms with Crippen molar-refractivity contribution in [3.8, 4) is 0 Å². The molecule has 1 aromatic carbocycles. The minimum absolute atomic E-state index is 0.140. The van der Waals surface area contributed by atoms with Gasteiger partial charge in [-0.05, 0) is 64.5 Å². The van der Waals surface area contributed by atoms with Crippen molar-refractivity contribution in [3.63, 3.8) is 0 Å². The predicted molar refractivity (Wildman–Crippen MR) is 83.3 cm³/mol. The van der Waals surface area contributed by atoms with Crippen molar-refractivity contribution in [1.82, 2.24) is 4.90 Å². The summed E-state index contributed by atoms with van der Waals surface area (Å²) in [5, 5.41) is 8.32. The molecule has 0 fully saturated rings. The van der Waals surface area contributed by atoms with E-state index in [1.54, 1.807) is 12.1 Å². The summed E-state index contributed by atoms with van der Waals surface area (Å²) in [6.45, 7) is 6.33. The van der Waals surface area contributed by atoms with Crippen LogP contribution in [0.1, 0.15) is 26.7 Å². The normalized spacial score (nSPS) is 12.1. The molecule has 5 nitrogen and oxygen atoms in total. The number of primary sulfonamides is 1. The van der Waals surface area contributed by atoms with Crippen LogP contribution in [0.4, 0.5) is 5.69 Å². The van der Waals surface area contributed by atoms with Crippen LogP contribution < -0.4 is 10.5 Å². The van der Waals surface area contributed by atoms with Crippen LogP contribution in [-0.2, 0) is 10.0 Å². The van der Waals surface area contributed by atoms with E-state index < -0.39 is 10.0 Å². The molecule has 0 spiro atoms. The Bertz CT molecular complexity index is 498. The van der Waals surface area contributed by atoms with E-state index in [2.05, 4.69) is 31.1 Å². The van der Waals surface area contributed by atoms with E-state index in [0.717, 1.165) is 31.6 Å². The third-order valence-corrected chi connectivity index (χ3v) is 4.26. The smallest absolute Gasteiger partial charge is 0.238 e. The first-order valence-corrected chi connectivity index (χ1v) is 8.42. The van der Waals surface area contributed by atoms with Crippen LogP contribution in [0, 0.1) is 0 Å². The second-order valence-electron chi connectivity index (χ2n) is 5.28. The molecule has 0 atom stereocenters. The van der Waals surface area contributed by atoms with Crippen molar-refractivity contribution in [1.29, 1.82) is 0 Å². The second kappa shape index (κ2) is 7.61. The maximum Gasteiger partial charge on any atom is 0.238 e. The number of hydrogen-bond acceptors (Lipinski definition) is 4. The molecule has 0 unspecified atom stereocenters. The number of rotatable bonds is 8. The number of nitrogens with one attached hydrogen (secondary N) is 1. The zero-order valence-electron chi connectivity index (χ0n) is 12.5. The Balaban J connectivity index is 2.29. The largest absolute Gasteiger partial charge is 0.385 e. The summed E-state index contributed by atoms with van der Waals surface area (Å²) < 4.78 is 22.2. The van der Waals surface area contributed by atoms with Gasteiger partial charge in [0.1, 0.15) is 0 Å². The van der Waals surface area contributed by atoms with E-state index >= 15 is 0 Å². The molecule has 0 aliphatic rings. The lowest BCUT2D eigenvalue weighted by atomic mass is 10.2. The maximum atomic E-state index is 11.1. The van der Waals surface area contributed by atoms with Gasteiger partial charge in [-0.3, -0.25) is 0 Å². The van der Waals surface area contributed by atoms with Crippen molar-refractivity contribution >= 4 is 15.7 Å². The molecular formula is C14H25N3O2S. The number of anilines is 1. The third kappa shape index (κ3) is 5.90. The highest BCUT2D eigenvalue weighted by Crippen LogP contribution is 2.12. The Labute approximate surface area is 122 Å². The molecule has 0 saturated carbocycles. The summed E-state index contributed by atoms with van der Waals surface area (Å²) in [4.78, 5) is 2.46. The molecule has 0 aliphatic heterocycles. The molecule has 0 radical (unpaired) electrons. The van der Waals surface area contributed by atoms with E-state index in [4.69, 9.17) is 5.14 Å². The summed E-state index contributed by atoms with van der Waals surface area (Å²) in [7, 11) is -1.47. The molecule has 20 heavy (non-hydrogen) atoms. The molecule has 1 aromatic rings. The number of unbranched alkanes of at least 4 members (excludes halogenated alkanes) is 1. The van der Waals surface area contributed by atoms with E-state index in [9.17, 15) is 8.42 Å². The fourth-order valence-electron chi connectivity index (χ4n) is 1.74. The number of nitrogens with zero attached hydrogens (tertiary/aromatic N) is 1. The monoisotopic (exact) mass is 299 g/mol. The van der Waals surface area contributed by atoms with Gasteiger partial charge in [0.05, 0.1) is 4.90 Å². The van der Waals surface area contributed by atoms with E-state index in [1.807, 2.05) is 0 Å². The lowest BCUT2D eigenvalue weighted by Gasteiger charge is -2.20. The number of nitrogens with two attached hydrogens (primary N) is 1. The Kier molecular flexibility index (Phi) is 6.45. The zero-order chi connectivity index (χ0) is 15.2. The minimum atomic E-state index is -3.60. The van der Waals surface area contributed by atoms with Gasteiger partial charge in [0.2, 0.25) is 10.0 Å². The Hall–Kier alpha value is -1.11. The predicted octanol–water partition coefficient (Wildman–Crippen LogP) is 1.87. The molecule has 1 rings (SSSR count). The van der Waals surface area contributed by atoms with Crippen LogP contribution >= 0.6 is 0 Å². The summed E-state index contributed by atoms with van der Waals surface area (Å²) in [6.07, 6.45) is 2.21. The van der Waals surface area contributed by atoms with Crippen LogP contribution in [0.5, 0.6) is 0 Å². The fraction of sp³-hybridized carbons (Fsp3) is 0.571. The van der Waals surface area contributed by atoms with Crippen LogP contribution in [0.2, 0.25) is 0 Å². The van der Waals surface area contributed by atoms with Crippen LogP contribution in [-0.4, -0.2) is 39.5 Å². The Morgan fingerprint density at radius 3 is 2.30 bits per heavy atom. The van der Waals surface area contributed by atoms with E-state index in [0.29, 0.717) is 6.04 Å². The van der Waals surface area contributed by atoms with Crippen molar-refractivity contribution < 1.29 is 8.42 Å². The first-order chi connectivity index (χ1) is 9.30. The summed E-state index contributed by atoms with van der Waals surface area (Å²) in [5.74, 6) is 0. The van der Waals surface area contributed by atoms with Gasteiger partial charge in [-0.2, -0.15) is 0 Å². The van der Waals surface area contributed by atoms with Gasteiger partial charge in [-0.1, -0.05) is 0 Å². The van der Waals surface area contributed by atoms with E-state index in [-0.39, 0.29) is 4.90 Å².